The van der Waals surface area contributed by atoms with Gasteiger partial charge in [-0.1, -0.05) is 0 Å². The quantitative estimate of drug-likeness (QED) is 0.722. The van der Waals surface area contributed by atoms with Crippen LogP contribution < -0.4 is 11.1 Å². The van der Waals surface area contributed by atoms with E-state index in [1.807, 2.05) is 6.92 Å². The molecular weight excluding hydrogens is 242 g/mol. The van der Waals surface area contributed by atoms with Gasteiger partial charge < -0.3 is 16.0 Å². The first-order valence-electron chi connectivity index (χ1n) is 5.78. The van der Waals surface area contributed by atoms with Gasteiger partial charge in [-0.3, -0.25) is 9.59 Å². The van der Waals surface area contributed by atoms with Crippen molar-refractivity contribution in [3.05, 3.63) is 0 Å². The summed E-state index contributed by atoms with van der Waals surface area (Å²) in [4.78, 5) is 24.4. The molecule has 1 aliphatic rings. The first-order chi connectivity index (χ1) is 7.49. The molecule has 100 valence electrons. The van der Waals surface area contributed by atoms with Crippen molar-refractivity contribution in [3.8, 4) is 0 Å². The molecule has 0 heterocycles. The standard InChI is InChI=1S/C11H21N3O2.ClH/c1-8(12)3-6-11(16)14(2)7-10(15)13-9-4-5-9;/h8-9H,3-7,12H2,1-2H3,(H,13,15);1H. The van der Waals surface area contributed by atoms with E-state index in [0.717, 1.165) is 12.8 Å². The third-order valence-electron chi connectivity index (χ3n) is 2.56. The number of hydrogen-bond donors (Lipinski definition) is 2. The summed E-state index contributed by atoms with van der Waals surface area (Å²) in [6.45, 7) is 2.02. The molecule has 0 bridgehead atoms. The molecule has 0 saturated heterocycles. The van der Waals surface area contributed by atoms with E-state index in [2.05, 4.69) is 5.32 Å². The molecule has 0 radical (unpaired) electrons. The fraction of sp³-hybridized carbons (Fsp3) is 0.818. The van der Waals surface area contributed by atoms with Crippen LogP contribution in [0.15, 0.2) is 0 Å². The number of likely N-dealkylation sites (N-methyl/N-ethyl adjacent to an activating group) is 1. The Kier molecular flexibility index (Phi) is 7.15. The lowest BCUT2D eigenvalue weighted by Gasteiger charge is -2.17. The molecule has 0 spiro atoms. The number of carbonyl (C=O) groups excluding carboxylic acids is 2. The van der Waals surface area contributed by atoms with Crippen molar-refractivity contribution >= 4 is 24.2 Å². The predicted octanol–water partition coefficient (Wildman–Crippen LogP) is 0.273. The number of nitrogens with one attached hydrogen (secondary N) is 1. The fourth-order valence-electron chi connectivity index (χ4n) is 1.35. The Morgan fingerprint density at radius 2 is 2.06 bits per heavy atom. The molecule has 1 aliphatic carbocycles. The number of amides is 2. The lowest BCUT2D eigenvalue weighted by Crippen LogP contribution is -2.39. The van der Waals surface area contributed by atoms with E-state index in [4.69, 9.17) is 5.73 Å². The van der Waals surface area contributed by atoms with Crippen LogP contribution in [0.25, 0.3) is 0 Å². The van der Waals surface area contributed by atoms with Gasteiger partial charge in [0.05, 0.1) is 6.54 Å². The summed E-state index contributed by atoms with van der Waals surface area (Å²) >= 11 is 0. The van der Waals surface area contributed by atoms with Gasteiger partial charge in [0.25, 0.3) is 0 Å². The Bertz CT molecular complexity index is 267. The minimum absolute atomic E-state index is 0. The Hall–Kier alpha value is -0.810. The smallest absolute Gasteiger partial charge is 0.239 e. The Labute approximate surface area is 109 Å². The van der Waals surface area contributed by atoms with Crippen LogP contribution >= 0.6 is 12.4 Å². The zero-order chi connectivity index (χ0) is 12.1. The molecule has 2 amide bonds. The molecule has 0 aromatic rings. The van der Waals surface area contributed by atoms with Crippen LogP contribution in [0.2, 0.25) is 0 Å². The molecular formula is C11H22ClN3O2. The van der Waals surface area contributed by atoms with Gasteiger partial charge in [-0.25, -0.2) is 0 Å². The Balaban J connectivity index is 0.00000256. The molecule has 1 saturated carbocycles. The van der Waals surface area contributed by atoms with Crippen molar-refractivity contribution in [2.45, 2.75) is 44.7 Å². The van der Waals surface area contributed by atoms with Gasteiger partial charge in [-0.05, 0) is 26.2 Å². The topological polar surface area (TPSA) is 75.4 Å². The highest BCUT2D eigenvalue weighted by molar-refractivity contribution is 5.85. The van der Waals surface area contributed by atoms with Gasteiger partial charge in [-0.15, -0.1) is 12.4 Å². The zero-order valence-corrected chi connectivity index (χ0v) is 11.3. The number of rotatable bonds is 6. The largest absolute Gasteiger partial charge is 0.352 e. The maximum absolute atomic E-state index is 11.6. The normalized spacial score (nSPS) is 15.7. The van der Waals surface area contributed by atoms with Crippen molar-refractivity contribution < 1.29 is 9.59 Å². The SMILES string of the molecule is CC(N)CCC(=O)N(C)CC(=O)NC1CC1.Cl. The summed E-state index contributed by atoms with van der Waals surface area (Å²) in [5, 5.41) is 2.85. The third kappa shape index (κ3) is 7.18. The first kappa shape index (κ1) is 16.2. The minimum atomic E-state index is -0.0702. The lowest BCUT2D eigenvalue weighted by molar-refractivity contribution is -0.134. The van der Waals surface area contributed by atoms with Crippen LogP contribution in [-0.4, -0.2) is 42.4 Å². The predicted molar refractivity (Wildman–Crippen MR) is 68.9 cm³/mol. The Morgan fingerprint density at radius 1 is 1.47 bits per heavy atom. The average molecular weight is 264 g/mol. The van der Waals surface area contributed by atoms with Crippen LogP contribution in [0.5, 0.6) is 0 Å². The summed E-state index contributed by atoms with van der Waals surface area (Å²) in [6, 6.07) is 0.373. The molecule has 0 aromatic carbocycles. The number of carbonyl (C=O) groups is 2. The van der Waals surface area contributed by atoms with Crippen molar-refractivity contribution in [2.24, 2.45) is 5.73 Å². The number of halogens is 1. The van der Waals surface area contributed by atoms with Gasteiger partial charge >= 0.3 is 0 Å². The van der Waals surface area contributed by atoms with Crippen LogP contribution in [0.3, 0.4) is 0 Å². The van der Waals surface area contributed by atoms with Crippen molar-refractivity contribution in [3.63, 3.8) is 0 Å². The zero-order valence-electron chi connectivity index (χ0n) is 10.4. The van der Waals surface area contributed by atoms with Crippen LogP contribution in [0.4, 0.5) is 0 Å². The van der Waals surface area contributed by atoms with Crippen LogP contribution in [0, 0.1) is 0 Å². The summed E-state index contributed by atoms with van der Waals surface area (Å²) in [5.74, 6) is -0.0950. The van der Waals surface area contributed by atoms with Crippen molar-refractivity contribution in [1.82, 2.24) is 10.2 Å². The molecule has 0 aromatic heterocycles. The number of nitrogens with two attached hydrogens (primary N) is 1. The molecule has 1 atom stereocenters. The van der Waals surface area contributed by atoms with E-state index < -0.39 is 0 Å². The maximum Gasteiger partial charge on any atom is 0.239 e. The van der Waals surface area contributed by atoms with Crippen molar-refractivity contribution in [2.75, 3.05) is 13.6 Å². The van der Waals surface area contributed by atoms with Gasteiger partial charge in [0.2, 0.25) is 11.8 Å². The van der Waals surface area contributed by atoms with E-state index in [9.17, 15) is 9.59 Å². The lowest BCUT2D eigenvalue weighted by atomic mass is 10.2. The fourth-order valence-corrected chi connectivity index (χ4v) is 1.35. The summed E-state index contributed by atoms with van der Waals surface area (Å²) in [6.07, 6.45) is 3.19. The van der Waals surface area contributed by atoms with Crippen LogP contribution in [-0.2, 0) is 9.59 Å². The highest BCUT2D eigenvalue weighted by Crippen LogP contribution is 2.18. The second kappa shape index (κ2) is 7.50. The Morgan fingerprint density at radius 3 is 2.53 bits per heavy atom. The molecule has 1 unspecified atom stereocenters. The molecule has 6 heteroatoms. The van der Waals surface area contributed by atoms with Gasteiger partial charge in [0.15, 0.2) is 0 Å². The summed E-state index contributed by atoms with van der Waals surface area (Å²) < 4.78 is 0. The minimum Gasteiger partial charge on any atom is -0.352 e. The highest BCUT2D eigenvalue weighted by Gasteiger charge is 2.24. The second-order valence-corrected chi connectivity index (χ2v) is 4.61. The first-order valence-corrected chi connectivity index (χ1v) is 5.78. The monoisotopic (exact) mass is 263 g/mol. The van der Waals surface area contributed by atoms with E-state index in [0.29, 0.717) is 18.9 Å². The van der Waals surface area contributed by atoms with E-state index >= 15 is 0 Å². The summed E-state index contributed by atoms with van der Waals surface area (Å²) in [5.41, 5.74) is 5.57. The number of nitrogens with zero attached hydrogens (tertiary/aromatic N) is 1. The van der Waals surface area contributed by atoms with E-state index in [1.165, 1.54) is 4.90 Å². The molecule has 1 fully saturated rings. The van der Waals surface area contributed by atoms with Crippen molar-refractivity contribution in [1.29, 1.82) is 0 Å². The molecule has 5 nitrogen and oxygen atoms in total. The highest BCUT2D eigenvalue weighted by atomic mass is 35.5. The maximum atomic E-state index is 11.6. The molecule has 0 aliphatic heterocycles. The van der Waals surface area contributed by atoms with Gasteiger partial charge in [0.1, 0.15) is 0 Å². The number of hydrogen-bond acceptors (Lipinski definition) is 3. The molecule has 1 rings (SSSR count). The van der Waals surface area contributed by atoms with E-state index in [1.54, 1.807) is 7.05 Å². The second-order valence-electron chi connectivity index (χ2n) is 4.61. The van der Waals surface area contributed by atoms with Crippen LogP contribution in [0.1, 0.15) is 32.6 Å². The van der Waals surface area contributed by atoms with Gasteiger partial charge in [0, 0.05) is 25.6 Å². The average Bonchev–Trinajstić information content (AvgIpc) is 2.97. The van der Waals surface area contributed by atoms with E-state index in [-0.39, 0.29) is 36.8 Å². The van der Waals surface area contributed by atoms with Gasteiger partial charge in [-0.2, -0.15) is 0 Å². The summed E-state index contributed by atoms with van der Waals surface area (Å²) in [7, 11) is 1.65. The molecule has 3 N–H and O–H groups in total. The molecule has 17 heavy (non-hydrogen) atoms. The third-order valence-corrected chi connectivity index (χ3v) is 2.56.